The predicted molar refractivity (Wildman–Crippen MR) is 58.6 cm³/mol. The molecule has 0 aliphatic rings. The Kier molecular flexibility index (Phi) is 4.06. The van der Waals surface area contributed by atoms with E-state index in [9.17, 15) is 4.79 Å². The Labute approximate surface area is 94.9 Å². The number of aliphatic hydroxyl groups is 1. The fourth-order valence-corrected chi connectivity index (χ4v) is 1.18. The molecule has 1 rings (SSSR count). The van der Waals surface area contributed by atoms with Crippen LogP contribution in [0.2, 0.25) is 0 Å². The molecule has 0 saturated carbocycles. The van der Waals surface area contributed by atoms with Crippen LogP contribution in [0.1, 0.15) is 32.2 Å². The van der Waals surface area contributed by atoms with Crippen molar-refractivity contribution in [1.82, 2.24) is 10.3 Å². The summed E-state index contributed by atoms with van der Waals surface area (Å²) in [6.07, 6.45) is 1.84. The summed E-state index contributed by atoms with van der Waals surface area (Å²) in [5.74, 6) is 0.620. The van der Waals surface area contributed by atoms with Crippen molar-refractivity contribution in [2.75, 3.05) is 6.54 Å². The summed E-state index contributed by atoms with van der Waals surface area (Å²) in [6.45, 7) is 5.92. The van der Waals surface area contributed by atoms with Gasteiger partial charge in [0.1, 0.15) is 11.5 Å². The fourth-order valence-electron chi connectivity index (χ4n) is 1.18. The first-order valence-electron chi connectivity index (χ1n) is 5.25. The predicted octanol–water partition coefficient (Wildman–Crippen LogP) is 0.872. The van der Waals surface area contributed by atoms with Crippen LogP contribution in [0, 0.1) is 5.41 Å². The van der Waals surface area contributed by atoms with Gasteiger partial charge in [0, 0.05) is 18.4 Å². The maximum absolute atomic E-state index is 11.5. The van der Waals surface area contributed by atoms with Crippen molar-refractivity contribution in [3.05, 3.63) is 17.8 Å². The number of nitrogens with zero attached hydrogens (tertiary/aromatic N) is 1. The number of aliphatic hydroxyl groups excluding tert-OH is 1. The third-order valence-corrected chi connectivity index (χ3v) is 2.19. The topological polar surface area (TPSA) is 75.4 Å². The van der Waals surface area contributed by atoms with Crippen molar-refractivity contribution in [3.8, 4) is 0 Å². The van der Waals surface area contributed by atoms with Gasteiger partial charge in [0.15, 0.2) is 6.39 Å². The summed E-state index contributed by atoms with van der Waals surface area (Å²) in [5, 5.41) is 11.7. The molecule has 0 atom stereocenters. The van der Waals surface area contributed by atoms with Crippen LogP contribution in [0.15, 0.2) is 10.8 Å². The van der Waals surface area contributed by atoms with E-state index >= 15 is 0 Å². The molecule has 1 amide bonds. The number of aromatic nitrogens is 1. The van der Waals surface area contributed by atoms with E-state index in [0.29, 0.717) is 24.4 Å². The highest BCUT2D eigenvalue weighted by Crippen LogP contribution is 2.12. The molecule has 1 aromatic rings. The molecule has 0 spiro atoms. The Morgan fingerprint density at radius 3 is 2.81 bits per heavy atom. The van der Waals surface area contributed by atoms with E-state index in [-0.39, 0.29) is 17.9 Å². The monoisotopic (exact) mass is 226 g/mol. The van der Waals surface area contributed by atoms with E-state index in [4.69, 9.17) is 9.52 Å². The van der Waals surface area contributed by atoms with E-state index < -0.39 is 0 Å². The highest BCUT2D eigenvalue weighted by Gasteiger charge is 2.20. The van der Waals surface area contributed by atoms with Gasteiger partial charge in [0.05, 0.1) is 6.61 Å². The Bertz CT molecular complexity index is 352. The molecular weight excluding hydrogens is 208 g/mol. The lowest BCUT2D eigenvalue weighted by Gasteiger charge is -2.17. The SMILES string of the molecule is CC(C)(C)C(=O)NCCc1ocnc1CO. The molecule has 0 fully saturated rings. The number of carbonyl (C=O) groups excluding carboxylic acids is 1. The first kappa shape index (κ1) is 12.7. The molecule has 16 heavy (non-hydrogen) atoms. The molecule has 0 bridgehead atoms. The zero-order valence-electron chi connectivity index (χ0n) is 9.91. The molecule has 1 aromatic heterocycles. The molecule has 0 unspecified atom stereocenters. The van der Waals surface area contributed by atoms with Gasteiger partial charge < -0.3 is 14.8 Å². The fraction of sp³-hybridized carbons (Fsp3) is 0.636. The Hall–Kier alpha value is -1.36. The third kappa shape index (κ3) is 3.34. The van der Waals surface area contributed by atoms with E-state index in [2.05, 4.69) is 10.3 Å². The number of rotatable bonds is 4. The summed E-state index contributed by atoms with van der Waals surface area (Å²) in [5.41, 5.74) is 0.145. The molecular formula is C11H18N2O3. The van der Waals surface area contributed by atoms with Crippen molar-refractivity contribution in [1.29, 1.82) is 0 Å². The number of carbonyl (C=O) groups is 1. The highest BCUT2D eigenvalue weighted by atomic mass is 16.3. The van der Waals surface area contributed by atoms with Gasteiger partial charge in [0.2, 0.25) is 5.91 Å². The largest absolute Gasteiger partial charge is 0.448 e. The van der Waals surface area contributed by atoms with Crippen LogP contribution >= 0.6 is 0 Å². The van der Waals surface area contributed by atoms with Crippen LogP contribution in [0.5, 0.6) is 0 Å². The summed E-state index contributed by atoms with van der Waals surface area (Å²) >= 11 is 0. The van der Waals surface area contributed by atoms with Crippen molar-refractivity contribution in [3.63, 3.8) is 0 Å². The maximum atomic E-state index is 11.5. The van der Waals surface area contributed by atoms with Gasteiger partial charge in [-0.05, 0) is 0 Å². The summed E-state index contributed by atoms with van der Waals surface area (Å²) in [6, 6.07) is 0. The zero-order chi connectivity index (χ0) is 12.2. The van der Waals surface area contributed by atoms with Crippen molar-refractivity contribution in [2.24, 2.45) is 5.41 Å². The minimum atomic E-state index is -0.388. The number of hydrogen-bond donors (Lipinski definition) is 2. The Morgan fingerprint density at radius 1 is 1.56 bits per heavy atom. The van der Waals surface area contributed by atoms with Gasteiger partial charge in [-0.3, -0.25) is 4.79 Å². The normalized spacial score (nSPS) is 11.5. The van der Waals surface area contributed by atoms with Crippen LogP contribution in [0.25, 0.3) is 0 Å². The van der Waals surface area contributed by atoms with Crippen molar-refractivity contribution >= 4 is 5.91 Å². The Balaban J connectivity index is 2.39. The number of hydrogen-bond acceptors (Lipinski definition) is 4. The number of amides is 1. The zero-order valence-corrected chi connectivity index (χ0v) is 9.91. The average Bonchev–Trinajstić information content (AvgIpc) is 2.63. The molecule has 0 aromatic carbocycles. The number of oxazole rings is 1. The third-order valence-electron chi connectivity index (χ3n) is 2.19. The van der Waals surface area contributed by atoms with Crippen LogP contribution in [-0.2, 0) is 17.8 Å². The summed E-state index contributed by atoms with van der Waals surface area (Å²) in [7, 11) is 0. The van der Waals surface area contributed by atoms with E-state index in [1.165, 1.54) is 6.39 Å². The molecule has 0 saturated heterocycles. The van der Waals surface area contributed by atoms with E-state index in [1.54, 1.807) is 0 Å². The lowest BCUT2D eigenvalue weighted by atomic mass is 9.96. The molecule has 90 valence electrons. The van der Waals surface area contributed by atoms with Gasteiger partial charge in [-0.2, -0.15) is 0 Å². The van der Waals surface area contributed by atoms with Gasteiger partial charge >= 0.3 is 0 Å². The van der Waals surface area contributed by atoms with Crippen molar-refractivity contribution in [2.45, 2.75) is 33.8 Å². The second kappa shape index (κ2) is 5.12. The van der Waals surface area contributed by atoms with Gasteiger partial charge in [-0.15, -0.1) is 0 Å². The Morgan fingerprint density at radius 2 is 2.25 bits per heavy atom. The first-order chi connectivity index (χ1) is 7.45. The molecule has 0 aliphatic heterocycles. The molecule has 5 heteroatoms. The van der Waals surface area contributed by atoms with Gasteiger partial charge in [0.25, 0.3) is 0 Å². The summed E-state index contributed by atoms with van der Waals surface area (Å²) in [4.78, 5) is 15.4. The van der Waals surface area contributed by atoms with E-state index in [0.717, 1.165) is 0 Å². The molecule has 0 aliphatic carbocycles. The van der Waals surface area contributed by atoms with Crippen LogP contribution in [-0.4, -0.2) is 22.5 Å². The summed E-state index contributed by atoms with van der Waals surface area (Å²) < 4.78 is 5.10. The van der Waals surface area contributed by atoms with Crippen LogP contribution in [0.3, 0.4) is 0 Å². The second-order valence-electron chi connectivity index (χ2n) is 4.64. The van der Waals surface area contributed by atoms with Crippen LogP contribution < -0.4 is 5.32 Å². The quantitative estimate of drug-likeness (QED) is 0.798. The van der Waals surface area contributed by atoms with Gasteiger partial charge in [-0.1, -0.05) is 20.8 Å². The highest BCUT2D eigenvalue weighted by molar-refractivity contribution is 5.81. The minimum absolute atomic E-state index is 0.00226. The average molecular weight is 226 g/mol. The molecule has 5 nitrogen and oxygen atoms in total. The number of nitrogens with one attached hydrogen (secondary N) is 1. The molecule has 0 radical (unpaired) electrons. The standard InChI is InChI=1S/C11H18N2O3/c1-11(2,3)10(15)12-5-4-9-8(6-14)13-7-16-9/h7,14H,4-6H2,1-3H3,(H,12,15). The molecule has 1 heterocycles. The first-order valence-corrected chi connectivity index (χ1v) is 5.25. The van der Waals surface area contributed by atoms with E-state index in [1.807, 2.05) is 20.8 Å². The lowest BCUT2D eigenvalue weighted by Crippen LogP contribution is -2.35. The van der Waals surface area contributed by atoms with Crippen LogP contribution in [0.4, 0.5) is 0 Å². The minimum Gasteiger partial charge on any atom is -0.448 e. The van der Waals surface area contributed by atoms with Crippen molar-refractivity contribution < 1.29 is 14.3 Å². The molecule has 2 N–H and O–H groups in total. The lowest BCUT2D eigenvalue weighted by molar-refractivity contribution is -0.128. The second-order valence-corrected chi connectivity index (χ2v) is 4.64. The maximum Gasteiger partial charge on any atom is 0.225 e. The van der Waals surface area contributed by atoms with Gasteiger partial charge in [-0.25, -0.2) is 4.98 Å². The smallest absolute Gasteiger partial charge is 0.225 e.